The van der Waals surface area contributed by atoms with Crippen molar-refractivity contribution in [2.24, 2.45) is 5.92 Å². The van der Waals surface area contributed by atoms with Gasteiger partial charge in [-0.25, -0.2) is 0 Å². The Hall–Kier alpha value is -0.0800. The summed E-state index contributed by atoms with van der Waals surface area (Å²) in [5, 5.41) is 3.25. The van der Waals surface area contributed by atoms with Crippen molar-refractivity contribution >= 4 is 0 Å². The monoisotopic (exact) mass is 115 g/mol. The Morgan fingerprint density at radius 1 is 1.50 bits per heavy atom. The normalized spacial score (nSPS) is 38.2. The van der Waals surface area contributed by atoms with Crippen LogP contribution >= 0.6 is 0 Å². The van der Waals surface area contributed by atoms with Crippen molar-refractivity contribution in [3.8, 4) is 0 Å². The second-order valence-corrected chi connectivity index (χ2v) is 2.41. The molecule has 1 aliphatic rings. The molecule has 0 spiro atoms. The second-order valence-electron chi connectivity index (χ2n) is 2.41. The van der Waals surface area contributed by atoms with Crippen LogP contribution in [-0.4, -0.2) is 26.3 Å². The van der Waals surface area contributed by atoms with Crippen molar-refractivity contribution in [1.82, 2.24) is 5.32 Å². The van der Waals surface area contributed by atoms with Gasteiger partial charge in [-0.05, 0) is 5.92 Å². The molecular formula is C6H13NO. The summed E-state index contributed by atoms with van der Waals surface area (Å²) in [5.41, 5.74) is 0. The van der Waals surface area contributed by atoms with E-state index in [4.69, 9.17) is 4.74 Å². The molecule has 1 unspecified atom stereocenters. The molecule has 2 atom stereocenters. The number of rotatable bonds is 1. The largest absolute Gasteiger partial charge is 0.380 e. The third-order valence-electron chi connectivity index (χ3n) is 1.75. The molecule has 8 heavy (non-hydrogen) atoms. The molecule has 0 aromatic carbocycles. The van der Waals surface area contributed by atoms with Crippen LogP contribution in [0.4, 0.5) is 0 Å². The zero-order chi connectivity index (χ0) is 5.98. The van der Waals surface area contributed by atoms with Gasteiger partial charge in [0.05, 0.1) is 6.10 Å². The summed E-state index contributed by atoms with van der Waals surface area (Å²) in [6, 6.07) is 0. The van der Waals surface area contributed by atoms with Gasteiger partial charge in [0.1, 0.15) is 0 Å². The van der Waals surface area contributed by atoms with Crippen LogP contribution in [0.2, 0.25) is 0 Å². The fourth-order valence-corrected chi connectivity index (χ4v) is 1.10. The van der Waals surface area contributed by atoms with E-state index in [0.29, 0.717) is 12.0 Å². The van der Waals surface area contributed by atoms with Crippen molar-refractivity contribution in [1.29, 1.82) is 0 Å². The van der Waals surface area contributed by atoms with Crippen LogP contribution in [0.25, 0.3) is 0 Å². The molecule has 2 heteroatoms. The van der Waals surface area contributed by atoms with E-state index in [1.165, 1.54) is 0 Å². The van der Waals surface area contributed by atoms with Gasteiger partial charge in [0, 0.05) is 20.2 Å². The Labute approximate surface area is 50.2 Å². The summed E-state index contributed by atoms with van der Waals surface area (Å²) in [6.07, 6.45) is 0.454. The molecule has 48 valence electrons. The van der Waals surface area contributed by atoms with Gasteiger partial charge in [-0.1, -0.05) is 6.92 Å². The van der Waals surface area contributed by atoms with Crippen LogP contribution in [0.1, 0.15) is 6.92 Å². The quantitative estimate of drug-likeness (QED) is 0.528. The van der Waals surface area contributed by atoms with Crippen LogP contribution in [0.5, 0.6) is 0 Å². The van der Waals surface area contributed by atoms with Crippen molar-refractivity contribution in [2.45, 2.75) is 13.0 Å². The van der Waals surface area contributed by atoms with Crippen LogP contribution in [0.15, 0.2) is 0 Å². The molecule has 0 saturated carbocycles. The highest BCUT2D eigenvalue weighted by Gasteiger charge is 2.21. The maximum absolute atomic E-state index is 5.16. The average molecular weight is 115 g/mol. The first-order chi connectivity index (χ1) is 3.84. The summed E-state index contributed by atoms with van der Waals surface area (Å²) in [5.74, 6) is 0.694. The lowest BCUT2D eigenvalue weighted by molar-refractivity contribution is 0.0892. The smallest absolute Gasteiger partial charge is 0.0733 e. The highest BCUT2D eigenvalue weighted by Crippen LogP contribution is 2.09. The number of ether oxygens (including phenoxy) is 1. The third-order valence-corrected chi connectivity index (χ3v) is 1.75. The first-order valence-electron chi connectivity index (χ1n) is 3.08. The molecule has 0 bridgehead atoms. The lowest BCUT2D eigenvalue weighted by Crippen LogP contribution is -2.18. The van der Waals surface area contributed by atoms with E-state index in [2.05, 4.69) is 12.2 Å². The molecule has 0 aromatic heterocycles. The Morgan fingerprint density at radius 3 is 2.50 bits per heavy atom. The Balaban J connectivity index is 2.30. The van der Waals surface area contributed by atoms with Crippen LogP contribution in [0.3, 0.4) is 0 Å². The van der Waals surface area contributed by atoms with Gasteiger partial charge in [-0.15, -0.1) is 0 Å². The summed E-state index contributed by atoms with van der Waals surface area (Å²) in [4.78, 5) is 0. The van der Waals surface area contributed by atoms with Crippen molar-refractivity contribution in [3.05, 3.63) is 0 Å². The first-order valence-corrected chi connectivity index (χ1v) is 3.08. The van der Waals surface area contributed by atoms with Crippen LogP contribution < -0.4 is 5.32 Å². The van der Waals surface area contributed by atoms with Gasteiger partial charge in [0.2, 0.25) is 0 Å². The first kappa shape index (κ1) is 6.05. The van der Waals surface area contributed by atoms with Gasteiger partial charge < -0.3 is 10.1 Å². The molecule has 1 N–H and O–H groups in total. The standard InChI is InChI=1S/C6H13NO/c1-5-3-7-4-6(5)8-2/h5-7H,3-4H2,1-2H3/t5?,6-/m0/s1. The van der Waals surface area contributed by atoms with Gasteiger partial charge in [0.25, 0.3) is 0 Å². The summed E-state index contributed by atoms with van der Waals surface area (Å²) < 4.78 is 5.16. The lowest BCUT2D eigenvalue weighted by Gasteiger charge is -2.09. The van der Waals surface area contributed by atoms with Gasteiger partial charge in [-0.3, -0.25) is 0 Å². The number of nitrogens with one attached hydrogen (secondary N) is 1. The van der Waals surface area contributed by atoms with E-state index in [0.717, 1.165) is 13.1 Å². The molecule has 1 rings (SSSR count). The third kappa shape index (κ3) is 1.01. The lowest BCUT2D eigenvalue weighted by atomic mass is 10.1. The van der Waals surface area contributed by atoms with E-state index in [-0.39, 0.29) is 0 Å². The fraction of sp³-hybridized carbons (Fsp3) is 1.00. The Bertz CT molecular complexity index is 74.9. The minimum Gasteiger partial charge on any atom is -0.380 e. The maximum atomic E-state index is 5.16. The maximum Gasteiger partial charge on any atom is 0.0733 e. The van der Waals surface area contributed by atoms with Gasteiger partial charge >= 0.3 is 0 Å². The summed E-state index contributed by atoms with van der Waals surface area (Å²) in [7, 11) is 1.77. The topological polar surface area (TPSA) is 21.3 Å². The molecule has 1 fully saturated rings. The highest BCUT2D eigenvalue weighted by molar-refractivity contribution is 4.77. The molecule has 1 heterocycles. The SMILES string of the molecule is CO[C@H]1CNCC1C. The Morgan fingerprint density at radius 2 is 2.25 bits per heavy atom. The van der Waals surface area contributed by atoms with Crippen LogP contribution in [0, 0.1) is 5.92 Å². The molecule has 2 nitrogen and oxygen atoms in total. The molecular weight excluding hydrogens is 102 g/mol. The minimum absolute atomic E-state index is 0.454. The van der Waals surface area contributed by atoms with Crippen molar-refractivity contribution < 1.29 is 4.74 Å². The van der Waals surface area contributed by atoms with E-state index in [1.54, 1.807) is 7.11 Å². The highest BCUT2D eigenvalue weighted by atomic mass is 16.5. The van der Waals surface area contributed by atoms with Crippen molar-refractivity contribution in [3.63, 3.8) is 0 Å². The van der Waals surface area contributed by atoms with Crippen LogP contribution in [-0.2, 0) is 4.74 Å². The molecule has 0 amide bonds. The molecule has 0 aliphatic carbocycles. The van der Waals surface area contributed by atoms with Gasteiger partial charge in [0.15, 0.2) is 0 Å². The summed E-state index contributed by atoms with van der Waals surface area (Å²) >= 11 is 0. The predicted molar refractivity (Wildman–Crippen MR) is 32.8 cm³/mol. The molecule has 0 radical (unpaired) electrons. The minimum atomic E-state index is 0.454. The second kappa shape index (κ2) is 2.46. The number of methoxy groups -OCH3 is 1. The molecule has 0 aromatic rings. The van der Waals surface area contributed by atoms with Gasteiger partial charge in [-0.2, -0.15) is 0 Å². The number of hydrogen-bond donors (Lipinski definition) is 1. The average Bonchev–Trinajstić information content (AvgIpc) is 2.14. The van der Waals surface area contributed by atoms with Crippen molar-refractivity contribution in [2.75, 3.05) is 20.2 Å². The fourth-order valence-electron chi connectivity index (χ4n) is 1.10. The summed E-state index contributed by atoms with van der Waals surface area (Å²) in [6.45, 7) is 4.34. The molecule has 1 saturated heterocycles. The zero-order valence-electron chi connectivity index (χ0n) is 5.48. The predicted octanol–water partition coefficient (Wildman–Crippen LogP) is 0.241. The van der Waals surface area contributed by atoms with E-state index < -0.39 is 0 Å². The van der Waals surface area contributed by atoms with E-state index in [9.17, 15) is 0 Å². The van der Waals surface area contributed by atoms with E-state index in [1.807, 2.05) is 0 Å². The molecule has 1 aliphatic heterocycles. The number of hydrogen-bond acceptors (Lipinski definition) is 2. The van der Waals surface area contributed by atoms with E-state index >= 15 is 0 Å². The Kier molecular flexibility index (Phi) is 1.86. The zero-order valence-corrected chi connectivity index (χ0v) is 5.48.